The fraction of sp³-hybridized carbons (Fsp3) is 0.278. The summed E-state index contributed by atoms with van der Waals surface area (Å²) in [6.07, 6.45) is 0. The van der Waals surface area contributed by atoms with Crippen molar-refractivity contribution in [3.8, 4) is 5.75 Å². The number of ether oxygens (including phenoxy) is 1. The van der Waals surface area contributed by atoms with Gasteiger partial charge >= 0.3 is 0 Å². The second kappa shape index (κ2) is 6.44. The van der Waals surface area contributed by atoms with Gasteiger partial charge in [-0.3, -0.25) is 4.79 Å². The molecular formula is C18H21NO2. The highest BCUT2D eigenvalue weighted by Crippen LogP contribution is 2.25. The number of Topliss-reactive ketones (excluding diaryl/α,β-unsaturated/α-hetero) is 1. The highest BCUT2D eigenvalue weighted by molar-refractivity contribution is 5.98. The Morgan fingerprint density at radius 3 is 2.52 bits per heavy atom. The van der Waals surface area contributed by atoms with E-state index in [1.807, 2.05) is 45.0 Å². The zero-order chi connectivity index (χ0) is 15.4. The van der Waals surface area contributed by atoms with Crippen molar-refractivity contribution in [2.75, 3.05) is 5.73 Å². The molecule has 2 rings (SSSR count). The minimum atomic E-state index is -0.0388. The molecule has 3 heteroatoms. The van der Waals surface area contributed by atoms with Gasteiger partial charge in [0.2, 0.25) is 0 Å². The standard InChI is InChI=1S/C18H21NO2/c1-12(2)18(20)14-8-9-17(16(19)10-14)21-11-15-7-5-4-6-13(15)3/h4-10,12H,11,19H2,1-3H3. The SMILES string of the molecule is Cc1ccccc1COc1ccc(C(=O)C(C)C)cc1N. The number of rotatable bonds is 5. The highest BCUT2D eigenvalue weighted by atomic mass is 16.5. The molecule has 0 aliphatic rings. The van der Waals surface area contributed by atoms with Gasteiger partial charge in [0, 0.05) is 11.5 Å². The number of carbonyl (C=O) groups excluding carboxylic acids is 1. The number of hydrogen-bond donors (Lipinski definition) is 1. The van der Waals surface area contributed by atoms with Gasteiger partial charge in [-0.2, -0.15) is 0 Å². The summed E-state index contributed by atoms with van der Waals surface area (Å²) in [5.41, 5.74) is 9.42. The monoisotopic (exact) mass is 283 g/mol. The first-order valence-electron chi connectivity index (χ1n) is 7.10. The average molecular weight is 283 g/mol. The van der Waals surface area contributed by atoms with Crippen molar-refractivity contribution in [1.82, 2.24) is 0 Å². The molecule has 21 heavy (non-hydrogen) atoms. The van der Waals surface area contributed by atoms with Crippen molar-refractivity contribution in [2.24, 2.45) is 5.92 Å². The largest absolute Gasteiger partial charge is 0.487 e. The van der Waals surface area contributed by atoms with Gasteiger partial charge in [0.05, 0.1) is 5.69 Å². The molecule has 2 aromatic carbocycles. The predicted molar refractivity (Wildman–Crippen MR) is 85.5 cm³/mol. The molecule has 0 fully saturated rings. The first kappa shape index (κ1) is 15.1. The lowest BCUT2D eigenvalue weighted by molar-refractivity contribution is 0.0939. The Kier molecular flexibility index (Phi) is 4.63. The van der Waals surface area contributed by atoms with Crippen molar-refractivity contribution in [2.45, 2.75) is 27.4 Å². The number of aryl methyl sites for hydroxylation is 1. The minimum Gasteiger partial charge on any atom is -0.487 e. The molecule has 110 valence electrons. The van der Waals surface area contributed by atoms with Crippen molar-refractivity contribution < 1.29 is 9.53 Å². The zero-order valence-corrected chi connectivity index (χ0v) is 12.7. The van der Waals surface area contributed by atoms with Crippen LogP contribution < -0.4 is 10.5 Å². The van der Waals surface area contributed by atoms with E-state index in [9.17, 15) is 4.79 Å². The Labute approximate surface area is 125 Å². The maximum atomic E-state index is 11.9. The third kappa shape index (κ3) is 3.63. The molecule has 2 N–H and O–H groups in total. The number of nitrogen functional groups attached to an aromatic ring is 1. The van der Waals surface area contributed by atoms with E-state index in [1.165, 1.54) is 5.56 Å². The summed E-state index contributed by atoms with van der Waals surface area (Å²) in [7, 11) is 0. The van der Waals surface area contributed by atoms with E-state index in [4.69, 9.17) is 10.5 Å². The third-order valence-electron chi connectivity index (χ3n) is 3.46. The van der Waals surface area contributed by atoms with Gasteiger partial charge in [0.25, 0.3) is 0 Å². The van der Waals surface area contributed by atoms with Crippen LogP contribution in [-0.2, 0) is 6.61 Å². The Morgan fingerprint density at radius 2 is 1.90 bits per heavy atom. The van der Waals surface area contributed by atoms with E-state index in [0.29, 0.717) is 23.6 Å². The van der Waals surface area contributed by atoms with Crippen molar-refractivity contribution in [1.29, 1.82) is 0 Å². The maximum Gasteiger partial charge on any atom is 0.165 e. The summed E-state index contributed by atoms with van der Waals surface area (Å²) in [4.78, 5) is 11.9. The molecule has 0 saturated carbocycles. The molecule has 0 spiro atoms. The molecule has 0 aliphatic heterocycles. The van der Waals surface area contributed by atoms with E-state index in [0.717, 1.165) is 5.56 Å². The van der Waals surface area contributed by atoms with Crippen molar-refractivity contribution in [3.63, 3.8) is 0 Å². The molecule has 0 atom stereocenters. The first-order valence-corrected chi connectivity index (χ1v) is 7.10. The number of nitrogens with two attached hydrogens (primary N) is 1. The molecule has 0 bridgehead atoms. The number of ketones is 1. The van der Waals surface area contributed by atoms with Crippen LogP contribution in [0.25, 0.3) is 0 Å². The first-order chi connectivity index (χ1) is 9.99. The summed E-state index contributed by atoms with van der Waals surface area (Å²) < 4.78 is 5.76. The molecule has 0 unspecified atom stereocenters. The van der Waals surface area contributed by atoms with E-state index in [1.54, 1.807) is 18.2 Å². The Morgan fingerprint density at radius 1 is 1.19 bits per heavy atom. The Balaban J connectivity index is 2.12. The predicted octanol–water partition coefficient (Wildman–Crippen LogP) is 3.99. The van der Waals surface area contributed by atoms with Crippen molar-refractivity contribution >= 4 is 11.5 Å². The zero-order valence-electron chi connectivity index (χ0n) is 12.7. The Bertz CT molecular complexity index is 647. The van der Waals surface area contributed by atoms with Gasteiger partial charge in [-0.25, -0.2) is 0 Å². The second-order valence-corrected chi connectivity index (χ2v) is 5.49. The molecule has 0 aromatic heterocycles. The molecule has 2 aromatic rings. The van der Waals surface area contributed by atoms with Gasteiger partial charge in [-0.15, -0.1) is 0 Å². The van der Waals surface area contributed by atoms with Crippen LogP contribution in [0.2, 0.25) is 0 Å². The van der Waals surface area contributed by atoms with Gasteiger partial charge < -0.3 is 10.5 Å². The van der Waals surface area contributed by atoms with Crippen LogP contribution in [0.15, 0.2) is 42.5 Å². The lowest BCUT2D eigenvalue weighted by Gasteiger charge is -2.12. The molecular weight excluding hydrogens is 262 g/mol. The normalized spacial score (nSPS) is 10.7. The fourth-order valence-electron chi connectivity index (χ4n) is 2.09. The smallest absolute Gasteiger partial charge is 0.165 e. The maximum absolute atomic E-state index is 11.9. The van der Waals surface area contributed by atoms with Crippen LogP contribution in [-0.4, -0.2) is 5.78 Å². The summed E-state index contributed by atoms with van der Waals surface area (Å²) in [6, 6.07) is 13.3. The quantitative estimate of drug-likeness (QED) is 0.666. The van der Waals surface area contributed by atoms with E-state index < -0.39 is 0 Å². The van der Waals surface area contributed by atoms with E-state index >= 15 is 0 Å². The van der Waals surface area contributed by atoms with Crippen LogP contribution in [0.4, 0.5) is 5.69 Å². The summed E-state index contributed by atoms with van der Waals surface area (Å²) in [5.74, 6) is 0.661. The van der Waals surface area contributed by atoms with Crippen LogP contribution in [0, 0.1) is 12.8 Å². The Hall–Kier alpha value is -2.29. The van der Waals surface area contributed by atoms with Gasteiger partial charge in [0.1, 0.15) is 12.4 Å². The van der Waals surface area contributed by atoms with Gasteiger partial charge in [0.15, 0.2) is 5.78 Å². The van der Waals surface area contributed by atoms with Crippen LogP contribution >= 0.6 is 0 Å². The van der Waals surface area contributed by atoms with Crippen molar-refractivity contribution in [3.05, 3.63) is 59.2 Å². The molecule has 0 radical (unpaired) electrons. The average Bonchev–Trinajstić information content (AvgIpc) is 2.46. The lowest BCUT2D eigenvalue weighted by Crippen LogP contribution is -2.08. The van der Waals surface area contributed by atoms with Crippen LogP contribution in [0.3, 0.4) is 0 Å². The molecule has 0 aliphatic carbocycles. The minimum absolute atomic E-state index is 0.0388. The van der Waals surface area contributed by atoms with E-state index in [2.05, 4.69) is 0 Å². The summed E-state index contributed by atoms with van der Waals surface area (Å²) >= 11 is 0. The highest BCUT2D eigenvalue weighted by Gasteiger charge is 2.12. The molecule has 3 nitrogen and oxygen atoms in total. The van der Waals surface area contributed by atoms with E-state index in [-0.39, 0.29) is 11.7 Å². The molecule has 0 saturated heterocycles. The molecule has 0 amide bonds. The van der Waals surface area contributed by atoms with Gasteiger partial charge in [-0.05, 0) is 36.2 Å². The third-order valence-corrected chi connectivity index (χ3v) is 3.46. The lowest BCUT2D eigenvalue weighted by atomic mass is 10.0. The molecule has 0 heterocycles. The summed E-state index contributed by atoms with van der Waals surface area (Å²) in [5, 5.41) is 0. The number of carbonyl (C=O) groups is 1. The topological polar surface area (TPSA) is 52.3 Å². The number of anilines is 1. The summed E-state index contributed by atoms with van der Waals surface area (Å²) in [6.45, 7) is 6.27. The van der Waals surface area contributed by atoms with Crippen LogP contribution in [0.1, 0.15) is 35.3 Å². The number of hydrogen-bond acceptors (Lipinski definition) is 3. The van der Waals surface area contributed by atoms with Crippen LogP contribution in [0.5, 0.6) is 5.75 Å². The second-order valence-electron chi connectivity index (χ2n) is 5.49. The fourth-order valence-corrected chi connectivity index (χ4v) is 2.09. The van der Waals surface area contributed by atoms with Gasteiger partial charge in [-0.1, -0.05) is 38.1 Å². The number of benzene rings is 2.